The number of rotatable bonds is 4. The number of carbonyl (C=O) groups excluding carboxylic acids is 1. The number of aldehydes is 1. The molecule has 0 fully saturated rings. The summed E-state index contributed by atoms with van der Waals surface area (Å²) >= 11 is 0. The summed E-state index contributed by atoms with van der Waals surface area (Å²) in [5.41, 5.74) is 0.402. The summed E-state index contributed by atoms with van der Waals surface area (Å²) in [6.07, 6.45) is 0.483. The van der Waals surface area contributed by atoms with Gasteiger partial charge < -0.3 is 4.74 Å². The lowest BCUT2D eigenvalue weighted by Gasteiger charge is -2.09. The zero-order chi connectivity index (χ0) is 14.7. The number of benzene rings is 2. The normalized spacial score (nSPS) is 10.1. The Kier molecular flexibility index (Phi) is 3.74. The molecule has 0 amide bonds. The molecule has 0 aliphatic carbocycles. The van der Waals surface area contributed by atoms with E-state index < -0.39 is 10.7 Å². The van der Waals surface area contributed by atoms with Crippen molar-refractivity contribution in [1.29, 1.82) is 0 Å². The van der Waals surface area contributed by atoms with Crippen LogP contribution in [0.4, 0.5) is 10.1 Å². The molecule has 2 rings (SSSR count). The van der Waals surface area contributed by atoms with E-state index in [-0.39, 0.29) is 22.7 Å². The Morgan fingerprint density at radius 2 is 2.05 bits per heavy atom. The molecule has 0 heterocycles. The van der Waals surface area contributed by atoms with E-state index in [1.54, 1.807) is 6.92 Å². The second-order valence-corrected chi connectivity index (χ2v) is 4.08. The summed E-state index contributed by atoms with van der Waals surface area (Å²) < 4.78 is 19.0. The van der Waals surface area contributed by atoms with Crippen molar-refractivity contribution in [3.05, 3.63) is 63.5 Å². The highest BCUT2D eigenvalue weighted by Gasteiger charge is 2.14. The van der Waals surface area contributed by atoms with Crippen molar-refractivity contribution in [2.45, 2.75) is 6.92 Å². The zero-order valence-electron chi connectivity index (χ0n) is 10.5. The highest BCUT2D eigenvalue weighted by Crippen LogP contribution is 2.30. The fourth-order valence-electron chi connectivity index (χ4n) is 1.74. The number of hydrogen-bond donors (Lipinski definition) is 0. The molecule has 0 aromatic heterocycles. The fourth-order valence-corrected chi connectivity index (χ4v) is 1.74. The molecule has 0 atom stereocenters. The first kappa shape index (κ1) is 13.7. The van der Waals surface area contributed by atoms with E-state index >= 15 is 0 Å². The molecule has 0 saturated carbocycles. The van der Waals surface area contributed by atoms with Crippen LogP contribution in [-0.2, 0) is 0 Å². The van der Waals surface area contributed by atoms with Crippen molar-refractivity contribution in [1.82, 2.24) is 0 Å². The predicted octanol–water partition coefficient (Wildman–Crippen LogP) is 3.65. The predicted molar refractivity (Wildman–Crippen MR) is 69.7 cm³/mol. The summed E-state index contributed by atoms with van der Waals surface area (Å²) in [5.74, 6) is -0.650. The third-order valence-corrected chi connectivity index (χ3v) is 2.71. The summed E-state index contributed by atoms with van der Waals surface area (Å²) in [5, 5.41) is 10.7. The molecule has 0 N–H and O–H groups in total. The minimum absolute atomic E-state index is 0.0542. The largest absolute Gasteiger partial charge is 0.454 e. The van der Waals surface area contributed by atoms with Crippen LogP contribution in [0.3, 0.4) is 0 Å². The zero-order valence-corrected chi connectivity index (χ0v) is 10.5. The smallest absolute Gasteiger partial charge is 0.272 e. The fraction of sp³-hybridized carbons (Fsp3) is 0.0714. The molecule has 0 unspecified atom stereocenters. The van der Waals surface area contributed by atoms with Gasteiger partial charge in [0.25, 0.3) is 5.69 Å². The van der Waals surface area contributed by atoms with Gasteiger partial charge in [0.15, 0.2) is 17.9 Å². The molecule has 0 saturated heterocycles. The van der Waals surface area contributed by atoms with Crippen molar-refractivity contribution in [3.63, 3.8) is 0 Å². The first-order chi connectivity index (χ1) is 9.52. The Labute approximate surface area is 113 Å². The average Bonchev–Trinajstić information content (AvgIpc) is 2.40. The van der Waals surface area contributed by atoms with E-state index in [1.807, 2.05) is 0 Å². The molecule has 0 spiro atoms. The molecule has 0 bridgehead atoms. The molecule has 2 aromatic rings. The van der Waals surface area contributed by atoms with Gasteiger partial charge in [0.1, 0.15) is 5.75 Å². The van der Waals surface area contributed by atoms with Gasteiger partial charge in [-0.1, -0.05) is 6.07 Å². The first-order valence-electron chi connectivity index (χ1n) is 5.69. The Morgan fingerprint density at radius 3 is 2.65 bits per heavy atom. The highest BCUT2D eigenvalue weighted by atomic mass is 19.1. The number of nitro benzene ring substituents is 1. The van der Waals surface area contributed by atoms with Crippen LogP contribution in [0.5, 0.6) is 11.5 Å². The monoisotopic (exact) mass is 275 g/mol. The van der Waals surface area contributed by atoms with Crippen molar-refractivity contribution < 1.29 is 18.8 Å². The van der Waals surface area contributed by atoms with Crippen LogP contribution in [0.15, 0.2) is 36.4 Å². The van der Waals surface area contributed by atoms with Crippen LogP contribution in [-0.4, -0.2) is 11.2 Å². The lowest BCUT2D eigenvalue weighted by molar-refractivity contribution is -0.385. The van der Waals surface area contributed by atoms with Gasteiger partial charge in [0, 0.05) is 11.6 Å². The van der Waals surface area contributed by atoms with Crippen molar-refractivity contribution in [3.8, 4) is 11.5 Å². The van der Waals surface area contributed by atoms with Crippen LogP contribution in [0, 0.1) is 22.9 Å². The minimum Gasteiger partial charge on any atom is -0.454 e. The van der Waals surface area contributed by atoms with E-state index in [0.717, 1.165) is 0 Å². The minimum atomic E-state index is -0.675. The van der Waals surface area contributed by atoms with Crippen molar-refractivity contribution >= 4 is 12.0 Å². The lowest BCUT2D eigenvalue weighted by atomic mass is 10.2. The summed E-state index contributed by atoms with van der Waals surface area (Å²) in [6, 6.07) is 8.02. The maximum Gasteiger partial charge on any atom is 0.272 e. The van der Waals surface area contributed by atoms with Gasteiger partial charge in [-0.25, -0.2) is 4.39 Å². The summed E-state index contributed by atoms with van der Waals surface area (Å²) in [4.78, 5) is 21.0. The SMILES string of the molecule is Cc1cc(Oc2c(F)cccc2C=O)ccc1[N+](=O)[O-]. The van der Waals surface area contributed by atoms with Crippen LogP contribution < -0.4 is 4.74 Å². The number of para-hydroxylation sites is 1. The topological polar surface area (TPSA) is 69.4 Å². The molecule has 0 radical (unpaired) electrons. The Morgan fingerprint density at radius 1 is 1.30 bits per heavy atom. The molecular formula is C14H10FNO4. The van der Waals surface area contributed by atoms with Crippen LogP contribution in [0.25, 0.3) is 0 Å². The van der Waals surface area contributed by atoms with Crippen LogP contribution in [0.2, 0.25) is 0 Å². The number of carbonyl (C=O) groups is 1. The third kappa shape index (κ3) is 2.64. The van der Waals surface area contributed by atoms with Gasteiger partial charge in [-0.05, 0) is 31.2 Å². The first-order valence-corrected chi connectivity index (χ1v) is 5.69. The highest BCUT2D eigenvalue weighted by molar-refractivity contribution is 5.79. The van der Waals surface area contributed by atoms with Crippen molar-refractivity contribution in [2.24, 2.45) is 0 Å². The summed E-state index contributed by atoms with van der Waals surface area (Å²) in [6.45, 7) is 1.55. The summed E-state index contributed by atoms with van der Waals surface area (Å²) in [7, 11) is 0. The Bertz CT molecular complexity index is 685. The number of nitro groups is 1. The van der Waals surface area contributed by atoms with Crippen molar-refractivity contribution in [2.75, 3.05) is 0 Å². The van der Waals surface area contributed by atoms with Gasteiger partial charge in [0.05, 0.1) is 10.5 Å². The van der Waals surface area contributed by atoms with E-state index in [2.05, 4.69) is 0 Å². The van der Waals surface area contributed by atoms with E-state index in [0.29, 0.717) is 11.8 Å². The number of nitrogens with zero attached hydrogens (tertiary/aromatic N) is 1. The molecule has 5 nitrogen and oxygen atoms in total. The van der Waals surface area contributed by atoms with Gasteiger partial charge in [0.2, 0.25) is 0 Å². The molecule has 2 aromatic carbocycles. The molecule has 6 heteroatoms. The Hall–Kier alpha value is -2.76. The number of halogens is 1. The molecule has 0 aliphatic heterocycles. The third-order valence-electron chi connectivity index (χ3n) is 2.71. The quantitative estimate of drug-likeness (QED) is 0.485. The van der Waals surface area contributed by atoms with Crippen LogP contribution >= 0.6 is 0 Å². The molecule has 102 valence electrons. The maximum atomic E-state index is 13.6. The lowest BCUT2D eigenvalue weighted by Crippen LogP contribution is -1.96. The number of ether oxygens (including phenoxy) is 1. The molecule has 20 heavy (non-hydrogen) atoms. The van der Waals surface area contributed by atoms with Crippen LogP contribution in [0.1, 0.15) is 15.9 Å². The second kappa shape index (κ2) is 5.48. The average molecular weight is 275 g/mol. The molecular weight excluding hydrogens is 265 g/mol. The standard InChI is InChI=1S/C14H10FNO4/c1-9-7-11(5-6-13(9)16(18)19)20-14-10(8-17)3-2-4-12(14)15/h2-8H,1H3. The Balaban J connectivity index is 2.38. The second-order valence-electron chi connectivity index (χ2n) is 4.08. The molecule has 0 aliphatic rings. The van der Waals surface area contributed by atoms with E-state index in [4.69, 9.17) is 4.74 Å². The number of hydrogen-bond acceptors (Lipinski definition) is 4. The van der Waals surface area contributed by atoms with Gasteiger partial charge in [-0.2, -0.15) is 0 Å². The maximum absolute atomic E-state index is 13.6. The number of aryl methyl sites for hydroxylation is 1. The van der Waals surface area contributed by atoms with E-state index in [9.17, 15) is 19.3 Å². The van der Waals surface area contributed by atoms with E-state index in [1.165, 1.54) is 36.4 Å². The van der Waals surface area contributed by atoms with Gasteiger partial charge in [-0.3, -0.25) is 14.9 Å². The van der Waals surface area contributed by atoms with Gasteiger partial charge >= 0.3 is 0 Å². The van der Waals surface area contributed by atoms with Gasteiger partial charge in [-0.15, -0.1) is 0 Å².